The summed E-state index contributed by atoms with van der Waals surface area (Å²) in [5, 5.41) is 5.81. The van der Waals surface area contributed by atoms with Crippen LogP contribution in [0.5, 0.6) is 5.75 Å². The van der Waals surface area contributed by atoms with Crippen LogP contribution < -0.4 is 15.0 Å². The largest absolute Gasteiger partial charge is 0.497 e. The number of sulfonamides is 1. The minimum absolute atomic E-state index is 0.161. The van der Waals surface area contributed by atoms with Crippen molar-refractivity contribution < 1.29 is 13.2 Å². The standard InChI is InChI=1S/C16H15N3O4S2/c1-19-15(20)8-7-14(17-19)11-9-16(24-10-11)25(21,22)18-12-3-5-13(23-2)6-4-12/h3-10,18H,1-2H3. The first-order chi connectivity index (χ1) is 11.9. The third-order valence-corrected chi connectivity index (χ3v) is 6.26. The van der Waals surface area contributed by atoms with Crippen molar-refractivity contribution in [2.24, 2.45) is 7.05 Å². The Morgan fingerprint density at radius 1 is 1.16 bits per heavy atom. The van der Waals surface area contributed by atoms with Crippen LogP contribution in [-0.2, 0) is 17.1 Å². The van der Waals surface area contributed by atoms with Crippen molar-refractivity contribution in [2.45, 2.75) is 4.21 Å². The predicted octanol–water partition coefficient (Wildman–Crippen LogP) is 2.32. The van der Waals surface area contributed by atoms with Crippen LogP contribution in [0.2, 0.25) is 0 Å². The van der Waals surface area contributed by atoms with Gasteiger partial charge in [-0.25, -0.2) is 13.1 Å². The summed E-state index contributed by atoms with van der Waals surface area (Å²) >= 11 is 1.09. The lowest BCUT2D eigenvalue weighted by Crippen LogP contribution is -2.18. The molecule has 0 radical (unpaired) electrons. The van der Waals surface area contributed by atoms with E-state index in [1.807, 2.05) is 0 Å². The van der Waals surface area contributed by atoms with Gasteiger partial charge < -0.3 is 4.74 Å². The Balaban J connectivity index is 1.86. The van der Waals surface area contributed by atoms with Crippen molar-refractivity contribution in [3.8, 4) is 17.0 Å². The molecule has 0 atom stereocenters. The van der Waals surface area contributed by atoms with Crippen LogP contribution in [0, 0.1) is 0 Å². The molecule has 0 fully saturated rings. The van der Waals surface area contributed by atoms with E-state index in [0.717, 1.165) is 11.3 Å². The molecule has 0 aliphatic carbocycles. The van der Waals surface area contributed by atoms with Crippen molar-refractivity contribution in [2.75, 3.05) is 11.8 Å². The molecule has 2 aromatic heterocycles. The van der Waals surface area contributed by atoms with Crippen molar-refractivity contribution in [1.82, 2.24) is 9.78 Å². The van der Waals surface area contributed by atoms with Crippen LogP contribution >= 0.6 is 11.3 Å². The van der Waals surface area contributed by atoms with Crippen LogP contribution in [0.3, 0.4) is 0 Å². The highest BCUT2D eigenvalue weighted by atomic mass is 32.2. The number of hydrogen-bond donors (Lipinski definition) is 1. The Labute approximate surface area is 148 Å². The number of hydrogen-bond acceptors (Lipinski definition) is 6. The van der Waals surface area contributed by atoms with Gasteiger partial charge in [-0.1, -0.05) is 0 Å². The fourth-order valence-corrected chi connectivity index (χ4v) is 4.34. The van der Waals surface area contributed by atoms with Crippen molar-refractivity contribution >= 4 is 27.0 Å². The zero-order valence-electron chi connectivity index (χ0n) is 13.5. The fraction of sp³-hybridized carbons (Fsp3) is 0.125. The molecule has 9 heteroatoms. The summed E-state index contributed by atoms with van der Waals surface area (Å²) in [5.74, 6) is 0.641. The lowest BCUT2D eigenvalue weighted by atomic mass is 10.2. The van der Waals surface area contributed by atoms with Crippen molar-refractivity contribution in [3.63, 3.8) is 0 Å². The predicted molar refractivity (Wildman–Crippen MR) is 96.6 cm³/mol. The molecular weight excluding hydrogens is 362 g/mol. The van der Waals surface area contributed by atoms with E-state index in [4.69, 9.17) is 4.74 Å². The van der Waals surface area contributed by atoms with E-state index in [0.29, 0.717) is 22.7 Å². The maximum atomic E-state index is 12.5. The number of nitrogens with zero attached hydrogens (tertiary/aromatic N) is 2. The zero-order valence-corrected chi connectivity index (χ0v) is 15.1. The second kappa shape index (κ2) is 6.69. The highest BCUT2D eigenvalue weighted by molar-refractivity contribution is 7.94. The highest BCUT2D eigenvalue weighted by Crippen LogP contribution is 2.28. The SMILES string of the molecule is COc1ccc(NS(=O)(=O)c2cc(-c3ccc(=O)n(C)n3)cs2)cc1. The minimum Gasteiger partial charge on any atom is -0.497 e. The summed E-state index contributed by atoms with van der Waals surface area (Å²) in [5.41, 5.74) is 1.38. The van der Waals surface area contributed by atoms with Gasteiger partial charge in [0.2, 0.25) is 0 Å². The molecule has 0 amide bonds. The molecule has 2 heterocycles. The van der Waals surface area contributed by atoms with Gasteiger partial charge in [0.05, 0.1) is 12.8 Å². The highest BCUT2D eigenvalue weighted by Gasteiger charge is 2.18. The van der Waals surface area contributed by atoms with Crippen molar-refractivity contribution in [3.05, 3.63) is 58.2 Å². The number of anilines is 1. The van der Waals surface area contributed by atoms with Crippen LogP contribution in [0.15, 0.2) is 56.8 Å². The van der Waals surface area contributed by atoms with Crippen LogP contribution in [0.4, 0.5) is 5.69 Å². The van der Waals surface area contributed by atoms with Gasteiger partial charge in [0.1, 0.15) is 9.96 Å². The Kier molecular flexibility index (Phi) is 4.60. The van der Waals surface area contributed by atoms with Gasteiger partial charge in [-0.3, -0.25) is 9.52 Å². The molecule has 1 aromatic carbocycles. The van der Waals surface area contributed by atoms with E-state index in [1.165, 1.54) is 16.8 Å². The summed E-state index contributed by atoms with van der Waals surface area (Å²) < 4.78 is 34.0. The maximum absolute atomic E-state index is 12.5. The number of ether oxygens (including phenoxy) is 1. The minimum atomic E-state index is -3.71. The smallest absolute Gasteiger partial charge is 0.271 e. The second-order valence-electron chi connectivity index (χ2n) is 5.17. The molecule has 0 bridgehead atoms. The molecule has 3 rings (SSSR count). The number of rotatable bonds is 5. The van der Waals surface area contributed by atoms with Gasteiger partial charge in [-0.05, 0) is 36.4 Å². The fourth-order valence-electron chi connectivity index (χ4n) is 2.11. The average molecular weight is 377 g/mol. The Hall–Kier alpha value is -2.65. The third-order valence-electron chi connectivity index (χ3n) is 3.44. The monoisotopic (exact) mass is 377 g/mol. The third kappa shape index (κ3) is 3.72. The Morgan fingerprint density at radius 2 is 1.88 bits per heavy atom. The molecule has 0 spiro atoms. The summed E-state index contributed by atoms with van der Waals surface area (Å²) in [6.45, 7) is 0. The summed E-state index contributed by atoms with van der Waals surface area (Å²) in [6.07, 6.45) is 0. The molecule has 0 unspecified atom stereocenters. The number of benzene rings is 1. The van der Waals surface area contributed by atoms with E-state index >= 15 is 0 Å². The normalized spacial score (nSPS) is 11.3. The van der Waals surface area contributed by atoms with E-state index in [9.17, 15) is 13.2 Å². The van der Waals surface area contributed by atoms with Crippen LogP contribution in [-0.4, -0.2) is 25.3 Å². The number of aromatic nitrogens is 2. The second-order valence-corrected chi connectivity index (χ2v) is 7.99. The van der Waals surface area contributed by atoms with E-state index in [2.05, 4.69) is 9.82 Å². The van der Waals surface area contributed by atoms with Gasteiger partial charge >= 0.3 is 0 Å². The Morgan fingerprint density at radius 3 is 2.52 bits per heavy atom. The number of nitrogens with one attached hydrogen (secondary N) is 1. The van der Waals surface area contributed by atoms with E-state index in [1.54, 1.807) is 49.9 Å². The molecule has 0 aliphatic heterocycles. The molecule has 0 aliphatic rings. The van der Waals surface area contributed by atoms with Gasteiger partial charge in [-0.15, -0.1) is 11.3 Å². The first-order valence-corrected chi connectivity index (χ1v) is 9.55. The summed E-state index contributed by atoms with van der Waals surface area (Å²) in [4.78, 5) is 11.4. The molecule has 3 aromatic rings. The number of thiophene rings is 1. The molecular formula is C16H15N3O4S2. The lowest BCUT2D eigenvalue weighted by molar-refractivity contribution is 0.415. The number of aryl methyl sites for hydroxylation is 1. The summed E-state index contributed by atoms with van der Waals surface area (Å²) in [6, 6.07) is 11.1. The zero-order chi connectivity index (χ0) is 18.0. The Bertz CT molecular complexity index is 1050. The molecule has 7 nitrogen and oxygen atoms in total. The lowest BCUT2D eigenvalue weighted by Gasteiger charge is -2.07. The maximum Gasteiger partial charge on any atom is 0.271 e. The van der Waals surface area contributed by atoms with Gasteiger partial charge in [0, 0.05) is 29.7 Å². The van der Waals surface area contributed by atoms with E-state index in [-0.39, 0.29) is 9.77 Å². The average Bonchev–Trinajstić information content (AvgIpc) is 3.09. The van der Waals surface area contributed by atoms with Gasteiger partial charge in [0.25, 0.3) is 15.6 Å². The first kappa shape index (κ1) is 17.2. The van der Waals surface area contributed by atoms with E-state index < -0.39 is 10.0 Å². The van der Waals surface area contributed by atoms with Gasteiger partial charge in [-0.2, -0.15) is 5.10 Å². The molecule has 1 N–H and O–H groups in total. The summed E-state index contributed by atoms with van der Waals surface area (Å²) in [7, 11) is -0.623. The first-order valence-electron chi connectivity index (χ1n) is 7.19. The van der Waals surface area contributed by atoms with Crippen molar-refractivity contribution in [1.29, 1.82) is 0 Å². The number of methoxy groups -OCH3 is 1. The quantitative estimate of drug-likeness (QED) is 0.737. The van der Waals surface area contributed by atoms with Gasteiger partial charge in [0.15, 0.2) is 0 Å². The molecule has 25 heavy (non-hydrogen) atoms. The molecule has 0 saturated carbocycles. The van der Waals surface area contributed by atoms with Crippen LogP contribution in [0.1, 0.15) is 0 Å². The topological polar surface area (TPSA) is 90.3 Å². The van der Waals surface area contributed by atoms with Crippen LogP contribution in [0.25, 0.3) is 11.3 Å². The molecule has 130 valence electrons. The molecule has 0 saturated heterocycles.